The minimum Gasteiger partial charge on any atom is -0.492 e. The van der Waals surface area contributed by atoms with Gasteiger partial charge in [0, 0.05) is 18.7 Å². The average molecular weight is 300 g/mol. The quantitative estimate of drug-likeness (QED) is 0.637. The molecular formula is C14H17FO4S. The number of ether oxygens (including phenoxy) is 1. The molecule has 1 rings (SSSR count). The van der Waals surface area contributed by atoms with Gasteiger partial charge in [-0.05, 0) is 18.6 Å². The molecule has 0 aliphatic carbocycles. The van der Waals surface area contributed by atoms with Gasteiger partial charge in [-0.3, -0.25) is 0 Å². The Labute approximate surface area is 118 Å². The highest BCUT2D eigenvalue weighted by atomic mass is 32.2. The molecule has 0 saturated carbocycles. The van der Waals surface area contributed by atoms with Crippen LogP contribution in [-0.2, 0) is 9.84 Å². The molecule has 6 heteroatoms. The lowest BCUT2D eigenvalue weighted by atomic mass is 10.2. The van der Waals surface area contributed by atoms with Crippen LogP contribution in [0.15, 0.2) is 18.2 Å². The molecule has 0 aliphatic heterocycles. The predicted molar refractivity (Wildman–Crippen MR) is 74.8 cm³/mol. The van der Waals surface area contributed by atoms with Crippen molar-refractivity contribution in [2.24, 2.45) is 0 Å². The molecule has 0 aliphatic rings. The van der Waals surface area contributed by atoms with E-state index >= 15 is 0 Å². The van der Waals surface area contributed by atoms with Gasteiger partial charge >= 0.3 is 0 Å². The predicted octanol–water partition coefficient (Wildman–Crippen LogP) is 1.37. The highest BCUT2D eigenvalue weighted by Gasteiger charge is 2.05. The van der Waals surface area contributed by atoms with Gasteiger partial charge in [-0.1, -0.05) is 11.8 Å². The zero-order chi connectivity index (χ0) is 15.0. The van der Waals surface area contributed by atoms with Gasteiger partial charge in [-0.25, -0.2) is 12.8 Å². The standard InChI is InChI=1S/C14H17FO4S/c1-20(17,18)10-4-9-19-14-11-13(15)7-6-12(14)5-2-3-8-16/h6-7,11,16H,3-4,8-10H2,1H3. The Morgan fingerprint density at radius 2 is 2.15 bits per heavy atom. The number of aliphatic hydroxyl groups excluding tert-OH is 1. The second kappa shape index (κ2) is 7.88. The highest BCUT2D eigenvalue weighted by molar-refractivity contribution is 7.90. The van der Waals surface area contributed by atoms with Gasteiger partial charge in [0.2, 0.25) is 0 Å². The number of sulfone groups is 1. The van der Waals surface area contributed by atoms with Crippen molar-refractivity contribution in [1.29, 1.82) is 0 Å². The van der Waals surface area contributed by atoms with Crippen molar-refractivity contribution in [1.82, 2.24) is 0 Å². The van der Waals surface area contributed by atoms with Gasteiger partial charge in [0.15, 0.2) is 0 Å². The second-order valence-electron chi connectivity index (χ2n) is 4.25. The summed E-state index contributed by atoms with van der Waals surface area (Å²) < 4.78 is 40.5. The maximum Gasteiger partial charge on any atom is 0.147 e. The zero-order valence-electron chi connectivity index (χ0n) is 11.2. The first-order valence-corrected chi connectivity index (χ1v) is 8.18. The summed E-state index contributed by atoms with van der Waals surface area (Å²) in [5.41, 5.74) is 0.513. The Balaban J connectivity index is 2.68. The van der Waals surface area contributed by atoms with Crippen LogP contribution < -0.4 is 4.74 Å². The second-order valence-corrected chi connectivity index (χ2v) is 6.51. The molecule has 0 bridgehead atoms. The van der Waals surface area contributed by atoms with Crippen LogP contribution in [-0.4, -0.2) is 38.7 Å². The topological polar surface area (TPSA) is 63.6 Å². The van der Waals surface area contributed by atoms with E-state index in [2.05, 4.69) is 11.8 Å². The molecule has 0 fully saturated rings. The largest absolute Gasteiger partial charge is 0.492 e. The first-order valence-electron chi connectivity index (χ1n) is 6.12. The van der Waals surface area contributed by atoms with Gasteiger partial charge < -0.3 is 9.84 Å². The maximum atomic E-state index is 13.2. The molecule has 0 unspecified atom stereocenters. The number of aliphatic hydroxyl groups is 1. The van der Waals surface area contributed by atoms with E-state index in [-0.39, 0.29) is 24.7 Å². The van der Waals surface area contributed by atoms with Crippen LogP contribution in [0.1, 0.15) is 18.4 Å². The summed E-state index contributed by atoms with van der Waals surface area (Å²) in [6.07, 6.45) is 1.81. The molecule has 0 spiro atoms. The Morgan fingerprint density at radius 1 is 1.40 bits per heavy atom. The van der Waals surface area contributed by atoms with E-state index in [1.807, 2.05) is 0 Å². The van der Waals surface area contributed by atoms with Gasteiger partial charge in [0.1, 0.15) is 21.4 Å². The van der Waals surface area contributed by atoms with Crippen LogP contribution in [0.5, 0.6) is 5.75 Å². The SMILES string of the molecule is CS(=O)(=O)CCCOc1cc(F)ccc1C#CCCO. The molecule has 4 nitrogen and oxygen atoms in total. The van der Waals surface area contributed by atoms with E-state index in [9.17, 15) is 12.8 Å². The smallest absolute Gasteiger partial charge is 0.147 e. The Morgan fingerprint density at radius 3 is 2.80 bits per heavy atom. The molecule has 0 aromatic heterocycles. The Hall–Kier alpha value is -1.58. The van der Waals surface area contributed by atoms with Crippen LogP contribution in [0.25, 0.3) is 0 Å². The molecule has 1 aromatic rings. The zero-order valence-corrected chi connectivity index (χ0v) is 12.0. The summed E-state index contributed by atoms with van der Waals surface area (Å²) in [4.78, 5) is 0. The van der Waals surface area contributed by atoms with E-state index in [1.165, 1.54) is 18.2 Å². The van der Waals surface area contributed by atoms with Gasteiger partial charge in [0.25, 0.3) is 0 Å². The van der Waals surface area contributed by atoms with E-state index in [0.29, 0.717) is 18.4 Å². The monoisotopic (exact) mass is 300 g/mol. The first-order chi connectivity index (χ1) is 9.42. The van der Waals surface area contributed by atoms with Crippen molar-refractivity contribution in [3.63, 3.8) is 0 Å². The lowest BCUT2D eigenvalue weighted by Crippen LogP contribution is -2.08. The Bertz CT molecular complexity index is 599. The first kappa shape index (κ1) is 16.5. The molecule has 0 radical (unpaired) electrons. The van der Waals surface area contributed by atoms with E-state index in [4.69, 9.17) is 9.84 Å². The van der Waals surface area contributed by atoms with Crippen molar-refractivity contribution in [3.8, 4) is 17.6 Å². The summed E-state index contributed by atoms with van der Waals surface area (Å²) in [5.74, 6) is 5.36. The minimum absolute atomic E-state index is 0.0217. The fourth-order valence-electron chi connectivity index (χ4n) is 1.44. The minimum atomic E-state index is -3.02. The van der Waals surface area contributed by atoms with Gasteiger partial charge in [0.05, 0.1) is 24.5 Å². The lowest BCUT2D eigenvalue weighted by Gasteiger charge is -2.08. The van der Waals surface area contributed by atoms with Crippen molar-refractivity contribution in [2.75, 3.05) is 25.2 Å². The third kappa shape index (κ3) is 6.55. The molecule has 0 amide bonds. The van der Waals surface area contributed by atoms with Crippen LogP contribution in [0.2, 0.25) is 0 Å². The van der Waals surface area contributed by atoms with Crippen molar-refractivity contribution < 1.29 is 22.7 Å². The van der Waals surface area contributed by atoms with Crippen LogP contribution in [0.3, 0.4) is 0 Å². The normalized spacial score (nSPS) is 10.8. The van der Waals surface area contributed by atoms with Crippen LogP contribution in [0.4, 0.5) is 4.39 Å². The maximum absolute atomic E-state index is 13.2. The molecule has 110 valence electrons. The molecule has 1 aromatic carbocycles. The van der Waals surface area contributed by atoms with Crippen molar-refractivity contribution in [2.45, 2.75) is 12.8 Å². The van der Waals surface area contributed by atoms with Crippen LogP contribution in [0, 0.1) is 17.7 Å². The number of benzene rings is 1. The number of hydrogen-bond acceptors (Lipinski definition) is 4. The summed E-state index contributed by atoms with van der Waals surface area (Å²) in [5, 5.41) is 8.66. The highest BCUT2D eigenvalue weighted by Crippen LogP contribution is 2.19. The molecule has 0 atom stereocenters. The summed E-state index contributed by atoms with van der Waals surface area (Å²) in [6, 6.07) is 3.97. The Kier molecular flexibility index (Phi) is 6.49. The molecule has 1 N–H and O–H groups in total. The van der Waals surface area contributed by atoms with Gasteiger partial charge in [-0.2, -0.15) is 0 Å². The molecule has 0 saturated heterocycles. The molecule has 20 heavy (non-hydrogen) atoms. The number of rotatable bonds is 6. The summed E-state index contributed by atoms with van der Waals surface area (Å²) >= 11 is 0. The van der Waals surface area contributed by atoms with Crippen LogP contribution >= 0.6 is 0 Å². The number of halogens is 1. The fourth-order valence-corrected chi connectivity index (χ4v) is 2.08. The molecule has 0 heterocycles. The van der Waals surface area contributed by atoms with Gasteiger partial charge in [-0.15, -0.1) is 0 Å². The fraction of sp³-hybridized carbons (Fsp3) is 0.429. The average Bonchev–Trinajstić information content (AvgIpc) is 2.36. The summed E-state index contributed by atoms with van der Waals surface area (Å²) in [6.45, 7) is 0.129. The third-order valence-corrected chi connectivity index (χ3v) is 3.35. The van der Waals surface area contributed by atoms with Crippen molar-refractivity contribution in [3.05, 3.63) is 29.6 Å². The summed E-state index contributed by atoms with van der Waals surface area (Å²) in [7, 11) is -3.02. The van der Waals surface area contributed by atoms with E-state index in [0.717, 1.165) is 6.26 Å². The van der Waals surface area contributed by atoms with E-state index < -0.39 is 15.7 Å². The number of hydrogen-bond donors (Lipinski definition) is 1. The van der Waals surface area contributed by atoms with Crippen molar-refractivity contribution >= 4 is 9.84 Å². The van der Waals surface area contributed by atoms with E-state index in [1.54, 1.807) is 0 Å². The lowest BCUT2D eigenvalue weighted by molar-refractivity contribution is 0.305. The third-order valence-electron chi connectivity index (χ3n) is 2.32. The molecular weight excluding hydrogens is 283 g/mol.